The van der Waals surface area contributed by atoms with Crippen LogP contribution in [-0.2, 0) is 0 Å². The third-order valence-electron chi connectivity index (χ3n) is 4.54. The summed E-state index contributed by atoms with van der Waals surface area (Å²) < 4.78 is 22.4. The van der Waals surface area contributed by atoms with Gasteiger partial charge >= 0.3 is 0 Å². The highest BCUT2D eigenvalue weighted by Gasteiger charge is 2.20. The summed E-state index contributed by atoms with van der Waals surface area (Å²) in [4.78, 5) is 9.58. The number of ether oxygens (including phenoxy) is 4. The van der Waals surface area contributed by atoms with E-state index in [4.69, 9.17) is 28.9 Å². The predicted octanol–water partition coefficient (Wildman–Crippen LogP) is 3.92. The topological polar surface area (TPSA) is 62.7 Å². The van der Waals surface area contributed by atoms with E-state index in [2.05, 4.69) is 13.8 Å². The van der Waals surface area contributed by atoms with E-state index in [0.717, 1.165) is 51.0 Å². The van der Waals surface area contributed by atoms with Gasteiger partial charge in [-0.15, -0.1) is 0 Å². The minimum atomic E-state index is 0.209. The van der Waals surface area contributed by atoms with Gasteiger partial charge in [-0.25, -0.2) is 9.97 Å². The van der Waals surface area contributed by atoms with Gasteiger partial charge in [0.15, 0.2) is 23.0 Å². The maximum absolute atomic E-state index is 5.75. The Morgan fingerprint density at radius 1 is 0.808 bits per heavy atom. The molecular weight excluding hydrogens is 332 g/mol. The summed E-state index contributed by atoms with van der Waals surface area (Å²) >= 11 is 0. The Bertz CT molecular complexity index is 1020. The highest BCUT2D eigenvalue weighted by atomic mass is 16.7. The quantitative estimate of drug-likeness (QED) is 0.698. The molecule has 2 aromatic carbocycles. The number of hydrogen-bond donors (Lipinski definition) is 0. The molecule has 0 bridgehead atoms. The van der Waals surface area contributed by atoms with Crippen LogP contribution in [0.5, 0.6) is 23.0 Å². The van der Waals surface area contributed by atoms with Gasteiger partial charge in [-0.3, -0.25) is 0 Å². The Morgan fingerprint density at radius 2 is 1.54 bits per heavy atom. The molecule has 0 fully saturated rings. The first-order valence-electron chi connectivity index (χ1n) is 8.70. The molecule has 5 rings (SSSR count). The average Bonchev–Trinajstić information content (AvgIpc) is 3.13. The molecule has 0 saturated carbocycles. The Labute approximate surface area is 150 Å². The van der Waals surface area contributed by atoms with Crippen LogP contribution in [0.3, 0.4) is 0 Å². The molecule has 2 aliphatic rings. The Kier molecular flexibility index (Phi) is 3.38. The fourth-order valence-electron chi connectivity index (χ4n) is 3.21. The summed E-state index contributed by atoms with van der Waals surface area (Å²) in [5.41, 5.74) is 2.66. The summed E-state index contributed by atoms with van der Waals surface area (Å²) in [6.45, 7) is 5.52. The van der Waals surface area contributed by atoms with Crippen LogP contribution in [0.1, 0.15) is 25.6 Å². The number of aromatic nitrogens is 2. The number of hydrogen-bond acceptors (Lipinski definition) is 6. The van der Waals surface area contributed by atoms with E-state index in [0.29, 0.717) is 13.2 Å². The molecule has 1 aromatic heterocycles. The van der Waals surface area contributed by atoms with Crippen molar-refractivity contribution >= 4 is 10.9 Å². The maximum Gasteiger partial charge on any atom is 0.231 e. The second-order valence-corrected chi connectivity index (χ2v) is 6.67. The van der Waals surface area contributed by atoms with Crippen LogP contribution in [0.15, 0.2) is 30.3 Å². The third-order valence-corrected chi connectivity index (χ3v) is 4.54. The standard InChI is InChI=1S/C20H18N2O4/c1-11(2)20-21-14-9-18-17(23-5-6-24-18)8-13(14)19(22-20)12-3-4-15-16(7-12)26-10-25-15/h3-4,7-9,11H,5-6,10H2,1-2H3. The van der Waals surface area contributed by atoms with Gasteiger partial charge in [0.05, 0.1) is 11.2 Å². The van der Waals surface area contributed by atoms with E-state index in [1.807, 2.05) is 30.3 Å². The van der Waals surface area contributed by atoms with Crippen molar-refractivity contribution in [2.45, 2.75) is 19.8 Å². The van der Waals surface area contributed by atoms with Crippen LogP contribution in [0.25, 0.3) is 22.2 Å². The lowest BCUT2D eigenvalue weighted by atomic mass is 10.0. The monoisotopic (exact) mass is 350 g/mol. The van der Waals surface area contributed by atoms with Crippen molar-refractivity contribution in [1.82, 2.24) is 9.97 Å². The lowest BCUT2D eigenvalue weighted by Crippen LogP contribution is -2.15. The van der Waals surface area contributed by atoms with E-state index in [9.17, 15) is 0 Å². The first-order valence-corrected chi connectivity index (χ1v) is 8.70. The van der Waals surface area contributed by atoms with Gasteiger partial charge < -0.3 is 18.9 Å². The molecule has 0 saturated heterocycles. The van der Waals surface area contributed by atoms with Crippen LogP contribution in [0, 0.1) is 0 Å². The van der Waals surface area contributed by atoms with Crippen molar-refractivity contribution < 1.29 is 18.9 Å². The van der Waals surface area contributed by atoms with Gasteiger partial charge in [0, 0.05) is 22.9 Å². The van der Waals surface area contributed by atoms with Crippen LogP contribution in [0.2, 0.25) is 0 Å². The van der Waals surface area contributed by atoms with E-state index in [1.165, 1.54) is 0 Å². The van der Waals surface area contributed by atoms with Gasteiger partial charge in [0.2, 0.25) is 6.79 Å². The van der Waals surface area contributed by atoms with Crippen molar-refractivity contribution in [1.29, 1.82) is 0 Å². The van der Waals surface area contributed by atoms with Gasteiger partial charge in [-0.2, -0.15) is 0 Å². The molecule has 0 N–H and O–H groups in total. The summed E-state index contributed by atoms with van der Waals surface area (Å²) in [5, 5.41) is 0.928. The Balaban J connectivity index is 1.76. The van der Waals surface area contributed by atoms with Crippen molar-refractivity contribution in [3.8, 4) is 34.3 Å². The van der Waals surface area contributed by atoms with Crippen molar-refractivity contribution in [2.75, 3.05) is 20.0 Å². The molecule has 0 aliphatic carbocycles. The molecule has 132 valence electrons. The van der Waals surface area contributed by atoms with Crippen molar-refractivity contribution in [2.24, 2.45) is 0 Å². The summed E-state index contributed by atoms with van der Waals surface area (Å²) in [5.74, 6) is 3.95. The number of benzene rings is 2. The zero-order valence-electron chi connectivity index (χ0n) is 14.6. The van der Waals surface area contributed by atoms with Crippen molar-refractivity contribution in [3.63, 3.8) is 0 Å². The summed E-state index contributed by atoms with van der Waals surface area (Å²) in [7, 11) is 0. The minimum absolute atomic E-state index is 0.209. The first-order chi connectivity index (χ1) is 12.7. The van der Waals surface area contributed by atoms with Crippen LogP contribution >= 0.6 is 0 Å². The number of fused-ring (bicyclic) bond motifs is 3. The van der Waals surface area contributed by atoms with Crippen LogP contribution < -0.4 is 18.9 Å². The van der Waals surface area contributed by atoms with Gasteiger partial charge in [-0.1, -0.05) is 13.8 Å². The minimum Gasteiger partial charge on any atom is -0.486 e. The molecule has 6 nitrogen and oxygen atoms in total. The third kappa shape index (κ3) is 2.41. The number of nitrogens with zero attached hydrogens (tertiary/aromatic N) is 2. The van der Waals surface area contributed by atoms with Gasteiger partial charge in [-0.05, 0) is 24.3 Å². The van der Waals surface area contributed by atoms with E-state index in [1.54, 1.807) is 0 Å². The molecule has 2 aliphatic heterocycles. The zero-order chi connectivity index (χ0) is 17.7. The van der Waals surface area contributed by atoms with Crippen LogP contribution in [0.4, 0.5) is 0 Å². The molecule has 0 atom stereocenters. The lowest BCUT2D eigenvalue weighted by molar-refractivity contribution is 0.172. The largest absolute Gasteiger partial charge is 0.486 e. The molecule has 0 spiro atoms. The van der Waals surface area contributed by atoms with Crippen LogP contribution in [-0.4, -0.2) is 30.0 Å². The van der Waals surface area contributed by atoms with E-state index in [-0.39, 0.29) is 12.7 Å². The maximum atomic E-state index is 5.75. The number of rotatable bonds is 2. The fourth-order valence-corrected chi connectivity index (χ4v) is 3.21. The second-order valence-electron chi connectivity index (χ2n) is 6.67. The molecule has 6 heteroatoms. The van der Waals surface area contributed by atoms with E-state index < -0.39 is 0 Å². The highest BCUT2D eigenvalue weighted by molar-refractivity contribution is 5.95. The molecule has 0 unspecified atom stereocenters. The molecule has 3 heterocycles. The van der Waals surface area contributed by atoms with Gasteiger partial charge in [0.1, 0.15) is 19.0 Å². The average molecular weight is 350 g/mol. The fraction of sp³-hybridized carbons (Fsp3) is 0.300. The summed E-state index contributed by atoms with van der Waals surface area (Å²) in [6.07, 6.45) is 0. The Morgan fingerprint density at radius 3 is 2.35 bits per heavy atom. The summed E-state index contributed by atoms with van der Waals surface area (Å²) in [6, 6.07) is 9.78. The molecular formula is C20H18N2O4. The first kappa shape index (κ1) is 15.3. The molecule has 26 heavy (non-hydrogen) atoms. The smallest absolute Gasteiger partial charge is 0.231 e. The predicted molar refractivity (Wildman–Crippen MR) is 96.2 cm³/mol. The van der Waals surface area contributed by atoms with Gasteiger partial charge in [0.25, 0.3) is 0 Å². The van der Waals surface area contributed by atoms with E-state index >= 15 is 0 Å². The molecule has 3 aromatic rings. The van der Waals surface area contributed by atoms with Crippen molar-refractivity contribution in [3.05, 3.63) is 36.2 Å². The normalized spacial score (nSPS) is 14.9. The SMILES string of the molecule is CC(C)c1nc(-c2ccc3c(c2)OCO3)c2cc3c(cc2n1)OCCO3. The molecule has 0 radical (unpaired) electrons. The lowest BCUT2D eigenvalue weighted by Gasteiger charge is -2.20. The Hall–Kier alpha value is -3.02. The second kappa shape index (κ2) is 5.76. The molecule has 0 amide bonds. The zero-order valence-corrected chi connectivity index (χ0v) is 14.6. The highest BCUT2D eigenvalue weighted by Crippen LogP contribution is 2.40.